The van der Waals surface area contributed by atoms with E-state index in [9.17, 15) is 0 Å². The normalized spacial score (nSPS) is 19.8. The molecule has 0 bridgehead atoms. The molecule has 210 valence electrons. The van der Waals surface area contributed by atoms with Gasteiger partial charge >= 0.3 is 0 Å². The molecule has 2 heterocycles. The molecule has 4 aromatic rings. The summed E-state index contributed by atoms with van der Waals surface area (Å²) in [6.07, 6.45) is 0. The average molecular weight is 543 g/mol. The van der Waals surface area contributed by atoms with Gasteiger partial charge in [-0.2, -0.15) is 0 Å². The van der Waals surface area contributed by atoms with E-state index >= 15 is 0 Å². The van der Waals surface area contributed by atoms with Crippen molar-refractivity contribution in [3.8, 4) is 11.1 Å². The summed E-state index contributed by atoms with van der Waals surface area (Å²) in [5.41, 5.74) is 5.54. The average Bonchev–Trinajstić information content (AvgIpc) is 3.13. The first-order chi connectivity index (χ1) is 19.8. The molecule has 0 aromatic heterocycles. The van der Waals surface area contributed by atoms with E-state index in [4.69, 9.17) is 23.7 Å². The van der Waals surface area contributed by atoms with Crippen LogP contribution in [0.25, 0.3) is 32.7 Å². The van der Waals surface area contributed by atoms with Crippen molar-refractivity contribution in [3.63, 3.8) is 0 Å². The van der Waals surface area contributed by atoms with E-state index in [1.165, 1.54) is 43.8 Å². The van der Waals surface area contributed by atoms with Crippen LogP contribution in [0, 0.1) is 0 Å². The first-order valence-electron chi connectivity index (χ1n) is 14.6. The van der Waals surface area contributed by atoms with Gasteiger partial charge in [-0.25, -0.2) is 0 Å². The van der Waals surface area contributed by atoms with E-state index < -0.39 is 0 Å². The van der Waals surface area contributed by atoms with Crippen molar-refractivity contribution in [2.24, 2.45) is 0 Å². The number of rotatable bonds is 0. The van der Waals surface area contributed by atoms with Crippen LogP contribution >= 0.6 is 0 Å². The third kappa shape index (κ3) is 6.23. The molecule has 0 amide bonds. The highest BCUT2D eigenvalue weighted by Crippen LogP contribution is 2.43. The molecule has 2 aliphatic rings. The Morgan fingerprint density at radius 3 is 1.20 bits per heavy atom. The minimum Gasteiger partial charge on any atom is -0.377 e. The van der Waals surface area contributed by atoms with Crippen molar-refractivity contribution >= 4 is 21.5 Å². The lowest BCUT2D eigenvalue weighted by Gasteiger charge is -2.38. The maximum Gasteiger partial charge on any atom is 0.105 e. The lowest BCUT2D eigenvalue weighted by atomic mass is 9.88. The third-order valence-electron chi connectivity index (χ3n) is 8.20. The van der Waals surface area contributed by atoms with Crippen molar-refractivity contribution in [2.45, 2.75) is 13.1 Å². The second kappa shape index (κ2) is 13.2. The number of hydrogen-bond acceptors (Lipinski definition) is 5. The van der Waals surface area contributed by atoms with Gasteiger partial charge in [-0.1, -0.05) is 72.8 Å². The fraction of sp³-hybridized carbons (Fsp3) is 0.412. The van der Waals surface area contributed by atoms with Gasteiger partial charge < -0.3 is 28.2 Å². The highest BCUT2D eigenvalue weighted by Gasteiger charge is 2.34. The molecular weight excluding hydrogens is 502 g/mol. The summed E-state index contributed by atoms with van der Waals surface area (Å²) < 4.78 is 30.1. The second-order valence-corrected chi connectivity index (χ2v) is 10.8. The Balaban J connectivity index is 1.37. The molecule has 6 heteroatoms. The van der Waals surface area contributed by atoms with E-state index in [1.54, 1.807) is 0 Å². The number of nitrogens with zero attached hydrogens (tertiary/aromatic N) is 1. The Hall–Kier alpha value is -2.84. The van der Waals surface area contributed by atoms with Gasteiger partial charge in [0, 0.05) is 11.1 Å². The molecule has 0 unspecified atom stereocenters. The van der Waals surface area contributed by atoms with Crippen LogP contribution in [0.15, 0.2) is 72.8 Å². The Bertz CT molecular complexity index is 1310. The Labute approximate surface area is 236 Å². The SMILES string of the molecule is c1ccc2c3c(ccc2c1)C[N+]1(CCOCCOCCOCCOCCOCC1)Cc1ccc2ccccc2c1-3. The van der Waals surface area contributed by atoms with Crippen LogP contribution in [-0.4, -0.2) is 83.6 Å². The smallest absolute Gasteiger partial charge is 0.105 e. The Morgan fingerprint density at radius 1 is 0.400 bits per heavy atom. The summed E-state index contributed by atoms with van der Waals surface area (Å²) in [6, 6.07) is 26.9. The van der Waals surface area contributed by atoms with Gasteiger partial charge in [0.25, 0.3) is 0 Å². The van der Waals surface area contributed by atoms with Crippen molar-refractivity contribution in [2.75, 3.05) is 79.2 Å². The largest absolute Gasteiger partial charge is 0.377 e. The fourth-order valence-electron chi connectivity index (χ4n) is 6.19. The zero-order valence-electron chi connectivity index (χ0n) is 23.3. The van der Waals surface area contributed by atoms with Crippen LogP contribution in [-0.2, 0) is 36.8 Å². The first kappa shape index (κ1) is 27.3. The minimum atomic E-state index is 0.571. The Morgan fingerprint density at radius 2 is 0.775 bits per heavy atom. The van der Waals surface area contributed by atoms with E-state index in [2.05, 4.69) is 72.8 Å². The maximum absolute atomic E-state index is 6.12. The molecule has 6 rings (SSSR count). The van der Waals surface area contributed by atoms with Crippen LogP contribution in [0.1, 0.15) is 11.1 Å². The summed E-state index contributed by atoms with van der Waals surface area (Å²) in [6.45, 7) is 9.63. The van der Waals surface area contributed by atoms with Crippen LogP contribution in [0.5, 0.6) is 0 Å². The molecule has 0 aliphatic carbocycles. The molecule has 40 heavy (non-hydrogen) atoms. The van der Waals surface area contributed by atoms with Crippen LogP contribution < -0.4 is 0 Å². The third-order valence-corrected chi connectivity index (χ3v) is 8.20. The van der Waals surface area contributed by atoms with Crippen molar-refractivity contribution in [1.29, 1.82) is 0 Å². The molecule has 2 aliphatic heterocycles. The van der Waals surface area contributed by atoms with Gasteiger partial charge in [-0.3, -0.25) is 0 Å². The van der Waals surface area contributed by atoms with Gasteiger partial charge in [0.15, 0.2) is 0 Å². The highest BCUT2D eigenvalue weighted by atomic mass is 16.6. The number of ether oxygens (including phenoxy) is 5. The molecule has 6 nitrogen and oxygen atoms in total. The van der Waals surface area contributed by atoms with E-state index in [-0.39, 0.29) is 0 Å². The van der Waals surface area contributed by atoms with E-state index in [1.807, 2.05) is 0 Å². The van der Waals surface area contributed by atoms with Crippen LogP contribution in [0.4, 0.5) is 0 Å². The molecule has 1 saturated heterocycles. The molecule has 0 saturated carbocycles. The van der Waals surface area contributed by atoms with Gasteiger partial charge in [-0.15, -0.1) is 0 Å². The van der Waals surface area contributed by atoms with Crippen LogP contribution in [0.3, 0.4) is 0 Å². The highest BCUT2D eigenvalue weighted by molar-refractivity contribution is 6.07. The molecule has 4 aromatic carbocycles. The quantitative estimate of drug-likeness (QED) is 0.271. The molecule has 0 radical (unpaired) electrons. The zero-order valence-corrected chi connectivity index (χ0v) is 23.3. The molecular formula is C34H40NO5+. The fourth-order valence-corrected chi connectivity index (χ4v) is 6.19. The Kier molecular flexibility index (Phi) is 9.03. The predicted molar refractivity (Wildman–Crippen MR) is 158 cm³/mol. The van der Waals surface area contributed by atoms with Gasteiger partial charge in [0.2, 0.25) is 0 Å². The van der Waals surface area contributed by atoms with E-state index in [0.29, 0.717) is 66.1 Å². The van der Waals surface area contributed by atoms with Gasteiger partial charge in [0.1, 0.15) is 26.2 Å². The summed E-state index contributed by atoms with van der Waals surface area (Å²) in [7, 11) is 0. The summed E-state index contributed by atoms with van der Waals surface area (Å²) >= 11 is 0. The van der Waals surface area contributed by atoms with Gasteiger partial charge in [0.05, 0.1) is 66.1 Å². The van der Waals surface area contributed by atoms with Crippen LogP contribution in [0.2, 0.25) is 0 Å². The zero-order chi connectivity index (χ0) is 27.0. The monoisotopic (exact) mass is 542 g/mol. The molecule has 0 N–H and O–H groups in total. The van der Waals surface area contributed by atoms with E-state index in [0.717, 1.165) is 30.7 Å². The van der Waals surface area contributed by atoms with Crippen molar-refractivity contribution < 1.29 is 28.2 Å². The van der Waals surface area contributed by atoms with Crippen molar-refractivity contribution in [1.82, 2.24) is 0 Å². The molecule has 0 atom stereocenters. The number of fused-ring (bicyclic) bond motifs is 7. The molecule has 1 fully saturated rings. The number of benzene rings is 4. The molecule has 1 spiro atoms. The summed E-state index contributed by atoms with van der Waals surface area (Å²) in [5, 5.41) is 5.21. The predicted octanol–water partition coefficient (Wildman–Crippen LogP) is 5.59. The number of quaternary nitrogens is 1. The lowest BCUT2D eigenvalue weighted by Crippen LogP contribution is -2.50. The maximum atomic E-state index is 6.12. The standard InChI is InChI=1S/C34H40NO5/c1-3-7-31-27(5-1)9-11-29-25-35(26-30-12-10-28-6-2-4-8-32(28)34(30)33(29)31)13-15-36-17-19-38-21-23-40-24-22-39-20-18-37-16-14-35/h1-12H,13-26H2/q+1. The number of hydrogen-bond donors (Lipinski definition) is 0. The minimum absolute atomic E-state index is 0.571. The lowest BCUT2D eigenvalue weighted by molar-refractivity contribution is -0.953. The van der Waals surface area contributed by atoms with Gasteiger partial charge in [-0.05, 0) is 32.7 Å². The summed E-state index contributed by atoms with van der Waals surface area (Å²) in [5.74, 6) is 0. The second-order valence-electron chi connectivity index (χ2n) is 10.8. The summed E-state index contributed by atoms with van der Waals surface area (Å²) in [4.78, 5) is 0. The van der Waals surface area contributed by atoms with Crippen molar-refractivity contribution in [3.05, 3.63) is 83.9 Å². The topological polar surface area (TPSA) is 46.2 Å². The first-order valence-corrected chi connectivity index (χ1v) is 14.6.